The molecular formula is C17H28N4O3. The van der Waals surface area contributed by atoms with Crippen LogP contribution in [0.3, 0.4) is 0 Å². The smallest absolute Gasteiger partial charge is 0.246 e. The predicted octanol–water partition coefficient (Wildman–Crippen LogP) is 0.554. The van der Waals surface area contributed by atoms with Crippen LogP contribution in [0.25, 0.3) is 0 Å². The van der Waals surface area contributed by atoms with E-state index in [-0.39, 0.29) is 24.0 Å². The van der Waals surface area contributed by atoms with Gasteiger partial charge in [-0.15, -0.1) is 0 Å². The topological polar surface area (TPSA) is 68.6 Å². The SMILES string of the molecule is COCC(=O)N[C@H]1COCCC12CCN(Cc1cnn(C)c1)CC2. The summed E-state index contributed by atoms with van der Waals surface area (Å²) >= 11 is 0. The number of hydrogen-bond acceptors (Lipinski definition) is 5. The highest BCUT2D eigenvalue weighted by Crippen LogP contribution is 2.41. The highest BCUT2D eigenvalue weighted by molar-refractivity contribution is 5.77. The van der Waals surface area contributed by atoms with Gasteiger partial charge in [0, 0.05) is 39.1 Å². The lowest BCUT2D eigenvalue weighted by atomic mass is 9.69. The van der Waals surface area contributed by atoms with E-state index in [9.17, 15) is 4.79 Å². The van der Waals surface area contributed by atoms with Crippen LogP contribution in [-0.4, -0.2) is 66.6 Å². The minimum absolute atomic E-state index is 0.0508. The second-order valence-corrected chi connectivity index (χ2v) is 7.04. The minimum Gasteiger partial charge on any atom is -0.379 e. The van der Waals surface area contributed by atoms with Crippen molar-refractivity contribution in [1.29, 1.82) is 0 Å². The average Bonchev–Trinajstić information content (AvgIpc) is 2.97. The number of nitrogens with one attached hydrogen (secondary N) is 1. The van der Waals surface area contributed by atoms with E-state index in [4.69, 9.17) is 9.47 Å². The molecular weight excluding hydrogens is 308 g/mol. The van der Waals surface area contributed by atoms with Crippen molar-refractivity contribution in [3.05, 3.63) is 18.0 Å². The number of likely N-dealkylation sites (tertiary alicyclic amines) is 1. The van der Waals surface area contributed by atoms with Crippen LogP contribution in [-0.2, 0) is 27.9 Å². The lowest BCUT2D eigenvalue weighted by Crippen LogP contribution is -2.57. The number of aryl methyl sites for hydroxylation is 1. The van der Waals surface area contributed by atoms with Gasteiger partial charge in [0.25, 0.3) is 0 Å². The number of nitrogens with zero attached hydrogens (tertiary/aromatic N) is 3. The molecule has 2 saturated heterocycles. The van der Waals surface area contributed by atoms with Gasteiger partial charge in [0.05, 0.1) is 18.8 Å². The van der Waals surface area contributed by atoms with E-state index in [1.54, 1.807) is 7.11 Å². The zero-order chi connectivity index (χ0) is 17.0. The first-order valence-electron chi connectivity index (χ1n) is 8.67. The van der Waals surface area contributed by atoms with E-state index >= 15 is 0 Å². The summed E-state index contributed by atoms with van der Waals surface area (Å²) in [5, 5.41) is 7.37. The first-order chi connectivity index (χ1) is 11.6. The molecule has 0 aliphatic carbocycles. The Hall–Kier alpha value is -1.44. The van der Waals surface area contributed by atoms with Gasteiger partial charge in [-0.05, 0) is 37.8 Å². The van der Waals surface area contributed by atoms with E-state index < -0.39 is 0 Å². The summed E-state index contributed by atoms with van der Waals surface area (Å²) in [5.74, 6) is -0.0508. The summed E-state index contributed by atoms with van der Waals surface area (Å²) in [7, 11) is 3.49. The summed E-state index contributed by atoms with van der Waals surface area (Å²) in [6.45, 7) is 4.55. The van der Waals surface area contributed by atoms with Crippen molar-refractivity contribution in [2.45, 2.75) is 31.8 Å². The summed E-state index contributed by atoms with van der Waals surface area (Å²) in [6, 6.07) is 0.0921. The number of piperidine rings is 1. The zero-order valence-electron chi connectivity index (χ0n) is 14.7. The molecule has 134 valence electrons. The molecule has 1 atom stereocenters. The second kappa shape index (κ2) is 7.63. The van der Waals surface area contributed by atoms with Crippen molar-refractivity contribution >= 4 is 5.91 Å². The third-order valence-corrected chi connectivity index (χ3v) is 5.40. The van der Waals surface area contributed by atoms with Crippen molar-refractivity contribution in [1.82, 2.24) is 20.0 Å². The van der Waals surface area contributed by atoms with Gasteiger partial charge in [-0.1, -0.05) is 0 Å². The van der Waals surface area contributed by atoms with Crippen molar-refractivity contribution in [3.8, 4) is 0 Å². The standard InChI is InChI=1S/C17H28N4O3/c1-20-10-14(9-18-20)11-21-6-3-17(4-7-21)5-8-24-12-15(17)19-16(22)13-23-2/h9-10,15H,3-8,11-13H2,1-2H3,(H,19,22)/t15-/m0/s1. The number of aromatic nitrogens is 2. The van der Waals surface area contributed by atoms with Crippen LogP contribution in [0.5, 0.6) is 0 Å². The van der Waals surface area contributed by atoms with Crippen LogP contribution < -0.4 is 5.32 Å². The molecule has 0 unspecified atom stereocenters. The van der Waals surface area contributed by atoms with Crippen molar-refractivity contribution in [2.24, 2.45) is 12.5 Å². The van der Waals surface area contributed by atoms with Crippen LogP contribution in [0.2, 0.25) is 0 Å². The quantitative estimate of drug-likeness (QED) is 0.851. The third-order valence-electron chi connectivity index (χ3n) is 5.40. The Morgan fingerprint density at radius 3 is 2.92 bits per heavy atom. The molecule has 0 bridgehead atoms. The number of methoxy groups -OCH3 is 1. The van der Waals surface area contributed by atoms with Crippen LogP contribution >= 0.6 is 0 Å². The summed E-state index contributed by atoms with van der Waals surface area (Å²) in [6.07, 6.45) is 7.22. The number of carbonyl (C=O) groups is 1. The summed E-state index contributed by atoms with van der Waals surface area (Å²) < 4.78 is 12.4. The molecule has 0 radical (unpaired) electrons. The van der Waals surface area contributed by atoms with Crippen LogP contribution in [0.1, 0.15) is 24.8 Å². The Bertz CT molecular complexity index is 552. The number of rotatable bonds is 5. The highest BCUT2D eigenvalue weighted by Gasteiger charge is 2.44. The molecule has 2 fully saturated rings. The molecule has 1 aromatic heterocycles. The fourth-order valence-corrected chi connectivity index (χ4v) is 3.96. The van der Waals surface area contributed by atoms with Gasteiger partial charge < -0.3 is 14.8 Å². The van der Waals surface area contributed by atoms with Crippen molar-refractivity contribution in [2.75, 3.05) is 40.0 Å². The largest absolute Gasteiger partial charge is 0.379 e. The number of hydrogen-bond donors (Lipinski definition) is 1. The monoisotopic (exact) mass is 336 g/mol. The molecule has 7 nitrogen and oxygen atoms in total. The van der Waals surface area contributed by atoms with Gasteiger partial charge in [0.15, 0.2) is 0 Å². The molecule has 7 heteroatoms. The molecule has 0 aromatic carbocycles. The Balaban J connectivity index is 1.58. The molecule has 24 heavy (non-hydrogen) atoms. The minimum atomic E-state index is -0.0508. The molecule has 1 N–H and O–H groups in total. The Kier molecular flexibility index (Phi) is 5.53. The van der Waals surface area contributed by atoms with Gasteiger partial charge in [-0.2, -0.15) is 5.10 Å². The van der Waals surface area contributed by atoms with Gasteiger partial charge in [0.1, 0.15) is 6.61 Å². The van der Waals surface area contributed by atoms with Gasteiger partial charge in [-0.25, -0.2) is 0 Å². The summed E-state index contributed by atoms with van der Waals surface area (Å²) in [5.41, 5.74) is 1.41. The number of carbonyl (C=O) groups excluding carboxylic acids is 1. The van der Waals surface area contributed by atoms with E-state index in [0.29, 0.717) is 6.61 Å². The molecule has 2 aliphatic heterocycles. The fourth-order valence-electron chi connectivity index (χ4n) is 3.96. The molecule has 0 saturated carbocycles. The van der Waals surface area contributed by atoms with Gasteiger partial charge >= 0.3 is 0 Å². The van der Waals surface area contributed by atoms with E-state index in [2.05, 4.69) is 21.5 Å². The number of ether oxygens (including phenoxy) is 2. The van der Waals surface area contributed by atoms with Crippen LogP contribution in [0, 0.1) is 5.41 Å². The van der Waals surface area contributed by atoms with E-state index in [1.807, 2.05) is 17.9 Å². The lowest BCUT2D eigenvalue weighted by Gasteiger charge is -2.49. The van der Waals surface area contributed by atoms with E-state index in [0.717, 1.165) is 45.5 Å². The zero-order valence-corrected chi connectivity index (χ0v) is 14.7. The molecule has 1 amide bonds. The van der Waals surface area contributed by atoms with Crippen LogP contribution in [0.15, 0.2) is 12.4 Å². The molecule has 1 spiro atoms. The third kappa shape index (κ3) is 3.96. The number of amides is 1. The van der Waals surface area contributed by atoms with Crippen molar-refractivity contribution < 1.29 is 14.3 Å². The predicted molar refractivity (Wildman–Crippen MR) is 89.4 cm³/mol. The Labute approximate surface area is 143 Å². The molecule has 1 aromatic rings. The fraction of sp³-hybridized carbons (Fsp3) is 0.765. The average molecular weight is 336 g/mol. The van der Waals surface area contributed by atoms with Gasteiger partial charge in [0.2, 0.25) is 5.91 Å². The first-order valence-corrected chi connectivity index (χ1v) is 8.67. The van der Waals surface area contributed by atoms with Gasteiger partial charge in [-0.3, -0.25) is 14.4 Å². The van der Waals surface area contributed by atoms with Crippen molar-refractivity contribution in [3.63, 3.8) is 0 Å². The lowest BCUT2D eigenvalue weighted by molar-refractivity contribution is -0.130. The normalized spacial score (nSPS) is 24.2. The van der Waals surface area contributed by atoms with Crippen LogP contribution in [0.4, 0.5) is 0 Å². The second-order valence-electron chi connectivity index (χ2n) is 7.04. The highest BCUT2D eigenvalue weighted by atomic mass is 16.5. The summed E-state index contributed by atoms with van der Waals surface area (Å²) in [4.78, 5) is 14.4. The molecule has 2 aliphatic rings. The maximum Gasteiger partial charge on any atom is 0.246 e. The molecule has 3 rings (SSSR count). The first kappa shape index (κ1) is 17.4. The molecule has 3 heterocycles. The van der Waals surface area contributed by atoms with E-state index in [1.165, 1.54) is 5.56 Å². The Morgan fingerprint density at radius 1 is 1.46 bits per heavy atom. The maximum absolute atomic E-state index is 11.9. The maximum atomic E-state index is 11.9. The Morgan fingerprint density at radius 2 is 2.25 bits per heavy atom.